The molecule has 0 aliphatic rings. The van der Waals surface area contributed by atoms with Gasteiger partial charge in [-0.2, -0.15) is 0 Å². The van der Waals surface area contributed by atoms with Crippen molar-refractivity contribution < 1.29 is 9.47 Å². The molecule has 0 unspecified atom stereocenters. The minimum atomic E-state index is 0.633. The van der Waals surface area contributed by atoms with Crippen LogP contribution in [0.25, 0.3) is 0 Å². The number of para-hydroxylation sites is 1. The first kappa shape index (κ1) is 12.8. The van der Waals surface area contributed by atoms with Crippen LogP contribution >= 0.6 is 11.6 Å². The van der Waals surface area contributed by atoms with E-state index in [1.165, 1.54) is 0 Å². The van der Waals surface area contributed by atoms with E-state index in [0.29, 0.717) is 13.2 Å². The fourth-order valence-electron chi connectivity index (χ4n) is 1.49. The molecule has 0 aliphatic heterocycles. The van der Waals surface area contributed by atoms with E-state index in [2.05, 4.69) is 0 Å². The standard InChI is InChI=1S/C15H15ClO2/c16-13-7-9-15(10-8-13)18-12-4-11-17-14-5-2-1-3-6-14/h1-3,5-10H,4,11-12H2. The first-order chi connectivity index (χ1) is 8.84. The number of ether oxygens (including phenoxy) is 2. The van der Waals surface area contributed by atoms with Crippen LogP contribution in [0, 0.1) is 0 Å². The SMILES string of the molecule is Clc1ccc(OCCCOc2ccccc2)cc1. The Morgan fingerprint density at radius 1 is 0.722 bits per heavy atom. The Hall–Kier alpha value is -1.67. The average Bonchev–Trinajstić information content (AvgIpc) is 2.42. The van der Waals surface area contributed by atoms with E-state index in [4.69, 9.17) is 21.1 Å². The molecule has 0 spiro atoms. The predicted octanol–water partition coefficient (Wildman–Crippen LogP) is 4.19. The van der Waals surface area contributed by atoms with Gasteiger partial charge in [0.2, 0.25) is 0 Å². The number of halogens is 1. The van der Waals surface area contributed by atoms with E-state index in [9.17, 15) is 0 Å². The largest absolute Gasteiger partial charge is 0.493 e. The Morgan fingerprint density at radius 3 is 1.89 bits per heavy atom. The number of hydrogen-bond donors (Lipinski definition) is 0. The van der Waals surface area contributed by atoms with Gasteiger partial charge < -0.3 is 9.47 Å². The smallest absolute Gasteiger partial charge is 0.119 e. The molecule has 0 N–H and O–H groups in total. The number of rotatable bonds is 6. The molecule has 0 bridgehead atoms. The summed E-state index contributed by atoms with van der Waals surface area (Å²) >= 11 is 5.79. The van der Waals surface area contributed by atoms with Crippen LogP contribution in [0.4, 0.5) is 0 Å². The molecule has 0 radical (unpaired) electrons. The van der Waals surface area contributed by atoms with E-state index >= 15 is 0 Å². The van der Waals surface area contributed by atoms with Crippen molar-refractivity contribution in [3.63, 3.8) is 0 Å². The van der Waals surface area contributed by atoms with E-state index in [1.807, 2.05) is 54.6 Å². The molecule has 18 heavy (non-hydrogen) atoms. The molecule has 0 atom stereocenters. The molecule has 2 rings (SSSR count). The van der Waals surface area contributed by atoms with Gasteiger partial charge in [-0.25, -0.2) is 0 Å². The van der Waals surface area contributed by atoms with Crippen LogP contribution in [0.1, 0.15) is 6.42 Å². The van der Waals surface area contributed by atoms with Crippen molar-refractivity contribution in [2.45, 2.75) is 6.42 Å². The maximum atomic E-state index is 5.79. The predicted molar refractivity (Wildman–Crippen MR) is 73.5 cm³/mol. The highest BCUT2D eigenvalue weighted by atomic mass is 35.5. The molecular weight excluding hydrogens is 248 g/mol. The lowest BCUT2D eigenvalue weighted by molar-refractivity contribution is 0.247. The molecule has 0 saturated heterocycles. The lowest BCUT2D eigenvalue weighted by atomic mass is 10.3. The van der Waals surface area contributed by atoms with Gasteiger partial charge >= 0.3 is 0 Å². The summed E-state index contributed by atoms with van der Waals surface area (Å²) in [7, 11) is 0. The van der Waals surface area contributed by atoms with Crippen molar-refractivity contribution in [2.75, 3.05) is 13.2 Å². The number of hydrogen-bond acceptors (Lipinski definition) is 2. The summed E-state index contributed by atoms with van der Waals surface area (Å²) in [6.45, 7) is 1.28. The first-order valence-electron chi connectivity index (χ1n) is 5.91. The van der Waals surface area contributed by atoms with Crippen molar-refractivity contribution in [2.24, 2.45) is 0 Å². The van der Waals surface area contributed by atoms with Crippen molar-refractivity contribution in [3.05, 3.63) is 59.6 Å². The normalized spacial score (nSPS) is 10.1. The Balaban J connectivity index is 1.63. The van der Waals surface area contributed by atoms with Gasteiger partial charge in [-0.1, -0.05) is 29.8 Å². The van der Waals surface area contributed by atoms with Crippen molar-refractivity contribution in [1.29, 1.82) is 0 Å². The fourth-order valence-corrected chi connectivity index (χ4v) is 1.61. The van der Waals surface area contributed by atoms with Crippen LogP contribution in [-0.4, -0.2) is 13.2 Å². The molecule has 0 fully saturated rings. The summed E-state index contributed by atoms with van der Waals surface area (Å²) < 4.78 is 11.1. The van der Waals surface area contributed by atoms with Gasteiger partial charge in [-0.3, -0.25) is 0 Å². The number of benzene rings is 2. The van der Waals surface area contributed by atoms with Gasteiger partial charge in [0.05, 0.1) is 13.2 Å². The highest BCUT2D eigenvalue weighted by Gasteiger charge is 1.95. The Bertz CT molecular complexity index is 454. The summed E-state index contributed by atoms with van der Waals surface area (Å²) in [5.74, 6) is 1.73. The zero-order chi connectivity index (χ0) is 12.6. The highest BCUT2D eigenvalue weighted by molar-refractivity contribution is 6.30. The van der Waals surface area contributed by atoms with Crippen LogP contribution in [0.3, 0.4) is 0 Å². The van der Waals surface area contributed by atoms with Crippen LogP contribution in [0.2, 0.25) is 5.02 Å². The van der Waals surface area contributed by atoms with Crippen LogP contribution < -0.4 is 9.47 Å². The molecule has 0 amide bonds. The van der Waals surface area contributed by atoms with Gasteiger partial charge in [-0.05, 0) is 36.4 Å². The van der Waals surface area contributed by atoms with Crippen molar-refractivity contribution >= 4 is 11.6 Å². The second-order valence-corrected chi connectivity index (χ2v) is 4.25. The first-order valence-corrected chi connectivity index (χ1v) is 6.28. The van der Waals surface area contributed by atoms with Crippen molar-refractivity contribution in [3.8, 4) is 11.5 Å². The molecule has 0 heterocycles. The fraction of sp³-hybridized carbons (Fsp3) is 0.200. The highest BCUT2D eigenvalue weighted by Crippen LogP contribution is 2.15. The summed E-state index contributed by atoms with van der Waals surface area (Å²) in [6.07, 6.45) is 0.845. The Kier molecular flexibility index (Phi) is 4.91. The molecular formula is C15H15ClO2. The van der Waals surface area contributed by atoms with E-state index in [1.54, 1.807) is 0 Å². The monoisotopic (exact) mass is 262 g/mol. The summed E-state index contributed by atoms with van der Waals surface area (Å²) in [5.41, 5.74) is 0. The third kappa shape index (κ3) is 4.30. The van der Waals surface area contributed by atoms with E-state index < -0.39 is 0 Å². The third-order valence-corrected chi connectivity index (χ3v) is 2.63. The second kappa shape index (κ2) is 6.92. The van der Waals surface area contributed by atoms with Crippen molar-refractivity contribution in [1.82, 2.24) is 0 Å². The van der Waals surface area contributed by atoms with Gasteiger partial charge in [0.1, 0.15) is 11.5 Å². The van der Waals surface area contributed by atoms with E-state index in [0.717, 1.165) is 22.9 Å². The Labute approximate surface area is 112 Å². The molecule has 0 aromatic heterocycles. The molecule has 0 aliphatic carbocycles. The Morgan fingerprint density at radius 2 is 1.28 bits per heavy atom. The van der Waals surface area contributed by atoms with Crippen LogP contribution in [0.15, 0.2) is 54.6 Å². The quantitative estimate of drug-likeness (QED) is 0.727. The van der Waals surface area contributed by atoms with Crippen LogP contribution in [-0.2, 0) is 0 Å². The lowest BCUT2D eigenvalue weighted by Crippen LogP contribution is -2.04. The minimum Gasteiger partial charge on any atom is -0.493 e. The summed E-state index contributed by atoms with van der Waals surface area (Å²) in [6, 6.07) is 17.1. The molecule has 0 saturated carbocycles. The maximum absolute atomic E-state index is 5.79. The topological polar surface area (TPSA) is 18.5 Å². The maximum Gasteiger partial charge on any atom is 0.119 e. The average molecular weight is 263 g/mol. The van der Waals surface area contributed by atoms with E-state index in [-0.39, 0.29) is 0 Å². The zero-order valence-corrected chi connectivity index (χ0v) is 10.8. The molecule has 3 heteroatoms. The summed E-state index contributed by atoms with van der Waals surface area (Å²) in [5, 5.41) is 0.717. The lowest BCUT2D eigenvalue weighted by Gasteiger charge is -2.07. The van der Waals surface area contributed by atoms with Gasteiger partial charge in [0.25, 0.3) is 0 Å². The van der Waals surface area contributed by atoms with Gasteiger partial charge in [0.15, 0.2) is 0 Å². The molecule has 2 aromatic rings. The summed E-state index contributed by atoms with van der Waals surface area (Å²) in [4.78, 5) is 0. The molecule has 2 aromatic carbocycles. The molecule has 2 nitrogen and oxygen atoms in total. The molecule has 94 valence electrons. The van der Waals surface area contributed by atoms with Crippen LogP contribution in [0.5, 0.6) is 11.5 Å². The minimum absolute atomic E-state index is 0.633. The second-order valence-electron chi connectivity index (χ2n) is 3.82. The van der Waals surface area contributed by atoms with Gasteiger partial charge in [0, 0.05) is 11.4 Å². The third-order valence-electron chi connectivity index (χ3n) is 2.38. The van der Waals surface area contributed by atoms with Gasteiger partial charge in [-0.15, -0.1) is 0 Å². The zero-order valence-electron chi connectivity index (χ0n) is 10.0.